The molecule has 1 unspecified atom stereocenters. The Hall–Kier alpha value is -1.50. The number of hydrogen-bond acceptors (Lipinski definition) is 1. The van der Waals surface area contributed by atoms with E-state index in [4.69, 9.17) is 0 Å². The summed E-state index contributed by atoms with van der Waals surface area (Å²) in [6.07, 6.45) is 1.86. The van der Waals surface area contributed by atoms with Gasteiger partial charge in [-0.25, -0.2) is 0 Å². The molecular weight excluding hydrogens is 158 g/mol. The Morgan fingerprint density at radius 3 is 2.54 bits per heavy atom. The summed E-state index contributed by atoms with van der Waals surface area (Å²) < 4.78 is 0. The van der Waals surface area contributed by atoms with E-state index < -0.39 is 0 Å². The van der Waals surface area contributed by atoms with Crippen LogP contribution in [-0.4, -0.2) is 6.04 Å². The van der Waals surface area contributed by atoms with Crippen LogP contribution in [0.4, 0.5) is 0 Å². The van der Waals surface area contributed by atoms with Gasteiger partial charge >= 0.3 is 0 Å². The summed E-state index contributed by atoms with van der Waals surface area (Å²) in [6.45, 7) is 9.70. The van der Waals surface area contributed by atoms with Crippen LogP contribution in [0.1, 0.15) is 12.5 Å². The Balaban J connectivity index is 2.64. The molecule has 13 heavy (non-hydrogen) atoms. The van der Waals surface area contributed by atoms with Crippen molar-refractivity contribution in [2.24, 2.45) is 0 Å². The average Bonchev–Trinajstić information content (AvgIpc) is 2.19. The van der Waals surface area contributed by atoms with Gasteiger partial charge in [0.25, 0.3) is 0 Å². The van der Waals surface area contributed by atoms with Crippen LogP contribution in [0, 0.1) is 0 Å². The molecular formula is C12H15N. The fourth-order valence-electron chi connectivity index (χ4n) is 1.06. The molecule has 0 heterocycles. The summed E-state index contributed by atoms with van der Waals surface area (Å²) >= 11 is 0. The Morgan fingerprint density at radius 1 is 1.38 bits per heavy atom. The predicted octanol–water partition coefficient (Wildman–Crippen LogP) is 2.82. The lowest BCUT2D eigenvalue weighted by Crippen LogP contribution is -2.21. The van der Waals surface area contributed by atoms with Crippen LogP contribution in [0.5, 0.6) is 0 Å². The van der Waals surface area contributed by atoms with Gasteiger partial charge in [-0.2, -0.15) is 0 Å². The highest BCUT2D eigenvalue weighted by Crippen LogP contribution is 2.08. The maximum absolute atomic E-state index is 3.95. The molecule has 0 bridgehead atoms. The van der Waals surface area contributed by atoms with Gasteiger partial charge in [-0.3, -0.25) is 0 Å². The molecule has 0 aliphatic rings. The first-order valence-electron chi connectivity index (χ1n) is 4.37. The molecule has 1 heteroatoms. The van der Waals surface area contributed by atoms with E-state index in [0.717, 1.165) is 11.3 Å². The minimum atomic E-state index is 0.257. The molecule has 1 N–H and O–H groups in total. The van der Waals surface area contributed by atoms with Gasteiger partial charge in [-0.15, -0.1) is 6.58 Å². The maximum atomic E-state index is 3.95. The second-order valence-corrected chi connectivity index (χ2v) is 3.01. The summed E-state index contributed by atoms with van der Waals surface area (Å²) in [7, 11) is 0. The largest absolute Gasteiger partial charge is 0.379 e. The zero-order valence-corrected chi connectivity index (χ0v) is 7.96. The van der Waals surface area contributed by atoms with E-state index in [1.54, 1.807) is 0 Å². The maximum Gasteiger partial charge on any atom is 0.0413 e. The van der Waals surface area contributed by atoms with E-state index in [2.05, 4.69) is 18.5 Å². The number of benzene rings is 1. The van der Waals surface area contributed by atoms with Crippen molar-refractivity contribution in [3.05, 3.63) is 55.1 Å². The van der Waals surface area contributed by atoms with Gasteiger partial charge in [0.15, 0.2) is 0 Å². The molecule has 0 aliphatic heterocycles. The van der Waals surface area contributed by atoms with Crippen LogP contribution in [0.25, 0.3) is 5.70 Å². The topological polar surface area (TPSA) is 12.0 Å². The molecule has 0 amide bonds. The fourth-order valence-corrected chi connectivity index (χ4v) is 1.06. The van der Waals surface area contributed by atoms with Crippen molar-refractivity contribution in [3.63, 3.8) is 0 Å². The second-order valence-electron chi connectivity index (χ2n) is 3.01. The molecule has 0 saturated carbocycles. The number of rotatable bonds is 4. The highest BCUT2D eigenvalue weighted by Gasteiger charge is 1.99. The van der Waals surface area contributed by atoms with Crippen molar-refractivity contribution in [2.75, 3.05) is 0 Å². The number of nitrogens with one attached hydrogen (secondary N) is 1. The second kappa shape index (κ2) is 4.51. The van der Waals surface area contributed by atoms with Crippen LogP contribution < -0.4 is 5.32 Å². The smallest absolute Gasteiger partial charge is 0.0413 e. The van der Waals surface area contributed by atoms with E-state index in [-0.39, 0.29) is 6.04 Å². The molecule has 1 atom stereocenters. The summed E-state index contributed by atoms with van der Waals surface area (Å²) in [5.74, 6) is 0. The minimum Gasteiger partial charge on any atom is -0.379 e. The van der Waals surface area contributed by atoms with Gasteiger partial charge in [-0.1, -0.05) is 43.0 Å². The minimum absolute atomic E-state index is 0.257. The standard InChI is InChI=1S/C12H15N/c1-4-10(2)13-11(3)12-8-6-5-7-9-12/h4-10,13H,1,3H2,2H3. The third-order valence-electron chi connectivity index (χ3n) is 1.88. The van der Waals surface area contributed by atoms with Crippen molar-refractivity contribution in [2.45, 2.75) is 13.0 Å². The molecule has 0 aromatic heterocycles. The Morgan fingerprint density at radius 2 is 2.00 bits per heavy atom. The van der Waals surface area contributed by atoms with Crippen molar-refractivity contribution in [1.29, 1.82) is 0 Å². The molecule has 1 aromatic carbocycles. The van der Waals surface area contributed by atoms with Crippen molar-refractivity contribution in [3.8, 4) is 0 Å². The van der Waals surface area contributed by atoms with E-state index in [0.29, 0.717) is 0 Å². The molecule has 0 aliphatic carbocycles. The zero-order valence-electron chi connectivity index (χ0n) is 7.96. The first-order chi connectivity index (χ1) is 6.24. The Labute approximate surface area is 79.8 Å². The molecule has 1 aromatic rings. The quantitative estimate of drug-likeness (QED) is 0.690. The zero-order chi connectivity index (χ0) is 9.68. The highest BCUT2D eigenvalue weighted by atomic mass is 14.9. The van der Waals surface area contributed by atoms with Crippen molar-refractivity contribution < 1.29 is 0 Å². The third-order valence-corrected chi connectivity index (χ3v) is 1.88. The van der Waals surface area contributed by atoms with Gasteiger partial charge < -0.3 is 5.32 Å². The normalized spacial score (nSPS) is 11.8. The first kappa shape index (κ1) is 9.59. The predicted molar refractivity (Wildman–Crippen MR) is 58.3 cm³/mol. The van der Waals surface area contributed by atoms with E-state index >= 15 is 0 Å². The lowest BCUT2D eigenvalue weighted by Gasteiger charge is -2.13. The van der Waals surface area contributed by atoms with Crippen LogP contribution >= 0.6 is 0 Å². The van der Waals surface area contributed by atoms with Gasteiger partial charge in [0.05, 0.1) is 0 Å². The lowest BCUT2D eigenvalue weighted by molar-refractivity contribution is 0.789. The molecule has 1 rings (SSSR count). The van der Waals surface area contributed by atoms with Gasteiger partial charge in [0, 0.05) is 11.7 Å². The molecule has 0 fully saturated rings. The summed E-state index contributed by atoms with van der Waals surface area (Å²) in [5.41, 5.74) is 2.06. The van der Waals surface area contributed by atoms with E-state index in [9.17, 15) is 0 Å². The van der Waals surface area contributed by atoms with Crippen LogP contribution in [0.15, 0.2) is 49.6 Å². The molecule has 0 radical (unpaired) electrons. The van der Waals surface area contributed by atoms with E-state index in [1.165, 1.54) is 0 Å². The average molecular weight is 173 g/mol. The summed E-state index contributed by atoms with van der Waals surface area (Å²) in [4.78, 5) is 0. The lowest BCUT2D eigenvalue weighted by atomic mass is 10.1. The highest BCUT2D eigenvalue weighted by molar-refractivity contribution is 5.61. The molecule has 0 spiro atoms. The van der Waals surface area contributed by atoms with Gasteiger partial charge in [0.2, 0.25) is 0 Å². The van der Waals surface area contributed by atoms with Crippen LogP contribution in [0.3, 0.4) is 0 Å². The number of hydrogen-bond donors (Lipinski definition) is 1. The SMILES string of the molecule is C=CC(C)NC(=C)c1ccccc1. The third kappa shape index (κ3) is 2.79. The Kier molecular flexibility index (Phi) is 3.32. The monoisotopic (exact) mass is 173 g/mol. The van der Waals surface area contributed by atoms with Crippen LogP contribution in [-0.2, 0) is 0 Å². The van der Waals surface area contributed by atoms with Gasteiger partial charge in [-0.05, 0) is 12.5 Å². The molecule has 68 valence electrons. The summed E-state index contributed by atoms with van der Waals surface area (Å²) in [6, 6.07) is 10.3. The van der Waals surface area contributed by atoms with Crippen molar-refractivity contribution in [1.82, 2.24) is 5.32 Å². The molecule has 0 saturated heterocycles. The fraction of sp³-hybridized carbons (Fsp3) is 0.167. The summed E-state index contributed by atoms with van der Waals surface area (Å²) in [5, 5.41) is 3.23. The first-order valence-corrected chi connectivity index (χ1v) is 4.37. The van der Waals surface area contributed by atoms with Crippen molar-refractivity contribution >= 4 is 5.70 Å². The Bertz CT molecular complexity index is 287. The molecule has 1 nitrogen and oxygen atoms in total. The van der Waals surface area contributed by atoms with Crippen LogP contribution in [0.2, 0.25) is 0 Å². The van der Waals surface area contributed by atoms with E-state index in [1.807, 2.05) is 43.3 Å². The van der Waals surface area contributed by atoms with Gasteiger partial charge in [0.1, 0.15) is 0 Å².